The largest absolute Gasteiger partial charge is 0.500 e. The molecule has 3 amide bonds. The molecule has 0 unspecified atom stereocenters. The fourth-order valence-electron chi connectivity index (χ4n) is 2.78. The Kier molecular flexibility index (Phi) is 5.44. The molecule has 0 aliphatic carbocycles. The molecule has 1 aliphatic heterocycles. The van der Waals surface area contributed by atoms with E-state index in [1.165, 1.54) is 30.3 Å². The van der Waals surface area contributed by atoms with Crippen molar-refractivity contribution in [2.75, 3.05) is 6.61 Å². The Morgan fingerprint density at radius 3 is 2.69 bits per heavy atom. The maximum absolute atomic E-state index is 13.8. The number of carbonyl (C=O) groups excluding carboxylic acids is 2. The number of phenolic OH excluding ortho intramolecular Hbond substituents is 1. The normalized spacial score (nSPS) is 15.0. The molecule has 3 rings (SSSR count). The van der Waals surface area contributed by atoms with Crippen LogP contribution in [-0.4, -0.2) is 33.5 Å². The van der Waals surface area contributed by atoms with Gasteiger partial charge in [0.15, 0.2) is 5.75 Å². The van der Waals surface area contributed by atoms with Crippen molar-refractivity contribution >= 4 is 23.7 Å². The lowest BCUT2D eigenvalue weighted by Gasteiger charge is -2.12. The fraction of sp³-hybridized carbons (Fsp3) is 0.158. The zero-order chi connectivity index (χ0) is 21.1. The summed E-state index contributed by atoms with van der Waals surface area (Å²) in [5, 5.41) is 23.5. The lowest BCUT2D eigenvalue weighted by Crippen LogP contribution is -2.30. The van der Waals surface area contributed by atoms with Gasteiger partial charge in [0, 0.05) is 11.6 Å². The molecule has 9 nitrogen and oxygen atoms in total. The average molecular weight is 401 g/mol. The Morgan fingerprint density at radius 2 is 2.03 bits per heavy atom. The Morgan fingerprint density at radius 1 is 1.31 bits per heavy atom. The van der Waals surface area contributed by atoms with Crippen molar-refractivity contribution in [3.63, 3.8) is 0 Å². The molecule has 0 bridgehead atoms. The zero-order valence-corrected chi connectivity index (χ0v) is 15.2. The smallest absolute Gasteiger partial charge is 0.329 e. The van der Waals surface area contributed by atoms with Gasteiger partial charge in [-0.25, -0.2) is 9.18 Å². The highest BCUT2D eigenvalue weighted by atomic mass is 19.1. The summed E-state index contributed by atoms with van der Waals surface area (Å²) in [6.45, 7) is 1.52. The Labute approximate surface area is 164 Å². The van der Waals surface area contributed by atoms with Crippen LogP contribution in [0.25, 0.3) is 6.08 Å². The van der Waals surface area contributed by atoms with Crippen LogP contribution in [0.4, 0.5) is 14.9 Å². The van der Waals surface area contributed by atoms with E-state index in [0.29, 0.717) is 0 Å². The van der Waals surface area contributed by atoms with Gasteiger partial charge in [0.25, 0.3) is 5.91 Å². The number of aromatic hydroxyl groups is 1. The first-order valence-electron chi connectivity index (χ1n) is 8.54. The molecule has 10 heteroatoms. The number of benzene rings is 2. The number of ether oxygens (including phenoxy) is 1. The number of rotatable bonds is 6. The number of halogens is 1. The quantitative estimate of drug-likeness (QED) is 0.332. The standard InChI is InChI=1S/C19H16FN3O6/c1-2-29-16-9-11(8-15(17(16)24)23(27)28)7-14-18(25)22(19(26)21-14)10-12-5-3-4-6-13(12)20/h3-9,24H,2,10H2,1H3,(H,21,26). The summed E-state index contributed by atoms with van der Waals surface area (Å²) in [6.07, 6.45) is 1.22. The van der Waals surface area contributed by atoms with Crippen LogP contribution in [-0.2, 0) is 11.3 Å². The van der Waals surface area contributed by atoms with Gasteiger partial charge in [0.05, 0.1) is 18.1 Å². The monoisotopic (exact) mass is 401 g/mol. The summed E-state index contributed by atoms with van der Waals surface area (Å²) in [4.78, 5) is 35.9. The van der Waals surface area contributed by atoms with Crippen molar-refractivity contribution in [1.82, 2.24) is 10.2 Å². The topological polar surface area (TPSA) is 122 Å². The Balaban J connectivity index is 1.93. The van der Waals surface area contributed by atoms with Crippen molar-refractivity contribution in [2.24, 2.45) is 0 Å². The third-order valence-electron chi connectivity index (χ3n) is 4.13. The minimum absolute atomic E-state index is 0.131. The highest BCUT2D eigenvalue weighted by Gasteiger charge is 2.34. The first-order valence-corrected chi connectivity index (χ1v) is 8.54. The van der Waals surface area contributed by atoms with Crippen LogP contribution >= 0.6 is 0 Å². The molecule has 2 aromatic carbocycles. The second kappa shape index (κ2) is 7.97. The van der Waals surface area contributed by atoms with E-state index in [1.54, 1.807) is 13.0 Å². The zero-order valence-electron chi connectivity index (χ0n) is 15.2. The van der Waals surface area contributed by atoms with Crippen LogP contribution in [0.2, 0.25) is 0 Å². The van der Waals surface area contributed by atoms with Gasteiger partial charge in [-0.2, -0.15) is 0 Å². The maximum Gasteiger partial charge on any atom is 0.329 e. The molecule has 1 fully saturated rings. The number of carbonyl (C=O) groups is 2. The summed E-state index contributed by atoms with van der Waals surface area (Å²) in [7, 11) is 0. The van der Waals surface area contributed by atoms with E-state index in [2.05, 4.69) is 5.32 Å². The molecule has 29 heavy (non-hydrogen) atoms. The highest BCUT2D eigenvalue weighted by molar-refractivity contribution is 6.13. The van der Waals surface area contributed by atoms with Crippen LogP contribution < -0.4 is 10.1 Å². The summed E-state index contributed by atoms with van der Waals surface area (Å²) >= 11 is 0. The van der Waals surface area contributed by atoms with Gasteiger partial charge >= 0.3 is 11.7 Å². The van der Waals surface area contributed by atoms with Crippen LogP contribution in [0.3, 0.4) is 0 Å². The van der Waals surface area contributed by atoms with Crippen molar-refractivity contribution in [2.45, 2.75) is 13.5 Å². The molecular formula is C19H16FN3O6. The third kappa shape index (κ3) is 4.00. The van der Waals surface area contributed by atoms with E-state index < -0.39 is 34.1 Å². The van der Waals surface area contributed by atoms with E-state index >= 15 is 0 Å². The molecule has 0 saturated carbocycles. The molecule has 2 aromatic rings. The number of amides is 3. The van der Waals surface area contributed by atoms with Crippen LogP contribution in [0, 0.1) is 15.9 Å². The van der Waals surface area contributed by atoms with Crippen molar-refractivity contribution < 1.29 is 28.7 Å². The lowest BCUT2D eigenvalue weighted by molar-refractivity contribution is -0.386. The second-order valence-electron chi connectivity index (χ2n) is 6.05. The summed E-state index contributed by atoms with van der Waals surface area (Å²) in [6, 6.07) is 7.34. The molecular weight excluding hydrogens is 385 g/mol. The average Bonchev–Trinajstić information content (AvgIpc) is 2.93. The third-order valence-corrected chi connectivity index (χ3v) is 4.13. The van der Waals surface area contributed by atoms with Crippen LogP contribution in [0.5, 0.6) is 11.5 Å². The molecule has 1 saturated heterocycles. The molecule has 2 N–H and O–H groups in total. The number of hydrogen-bond acceptors (Lipinski definition) is 6. The fourth-order valence-corrected chi connectivity index (χ4v) is 2.78. The summed E-state index contributed by atoms with van der Waals surface area (Å²) in [5.41, 5.74) is -0.429. The Hall–Kier alpha value is -3.95. The van der Waals surface area contributed by atoms with Crippen molar-refractivity contribution in [3.8, 4) is 11.5 Å². The second-order valence-corrected chi connectivity index (χ2v) is 6.05. The molecule has 0 spiro atoms. The number of imide groups is 1. The van der Waals surface area contributed by atoms with E-state index in [4.69, 9.17) is 4.74 Å². The van der Waals surface area contributed by atoms with Crippen molar-refractivity contribution in [3.05, 3.63) is 69.2 Å². The highest BCUT2D eigenvalue weighted by Crippen LogP contribution is 2.37. The first kappa shape index (κ1) is 19.8. The first-order chi connectivity index (χ1) is 13.8. The number of nitrogens with zero attached hydrogens (tertiary/aromatic N) is 2. The molecule has 1 heterocycles. The van der Waals surface area contributed by atoms with Crippen molar-refractivity contribution in [1.29, 1.82) is 0 Å². The summed E-state index contributed by atoms with van der Waals surface area (Å²) < 4.78 is 19.0. The van der Waals surface area contributed by atoms with E-state index in [0.717, 1.165) is 11.0 Å². The van der Waals surface area contributed by atoms with Gasteiger partial charge in [-0.15, -0.1) is 0 Å². The van der Waals surface area contributed by atoms with Gasteiger partial charge in [0.1, 0.15) is 11.5 Å². The molecule has 0 aromatic heterocycles. The predicted octanol–water partition coefficient (Wildman–Crippen LogP) is 2.93. The number of phenols is 1. The van der Waals surface area contributed by atoms with Gasteiger partial charge in [-0.05, 0) is 30.7 Å². The van der Waals surface area contributed by atoms with E-state index in [9.17, 15) is 29.2 Å². The number of nitro groups is 1. The SMILES string of the molecule is CCOc1cc(C=C2NC(=O)N(Cc3ccccc3F)C2=O)cc([N+](=O)[O-])c1O. The van der Waals surface area contributed by atoms with Gasteiger partial charge in [-0.1, -0.05) is 18.2 Å². The number of nitrogens with one attached hydrogen (secondary N) is 1. The number of urea groups is 1. The number of hydrogen-bond donors (Lipinski definition) is 2. The molecule has 0 atom stereocenters. The molecule has 0 radical (unpaired) electrons. The van der Waals surface area contributed by atoms with E-state index in [-0.39, 0.29) is 35.7 Å². The molecule has 150 valence electrons. The van der Waals surface area contributed by atoms with Gasteiger partial charge in [-0.3, -0.25) is 19.8 Å². The predicted molar refractivity (Wildman–Crippen MR) is 99.4 cm³/mol. The maximum atomic E-state index is 13.8. The minimum Gasteiger partial charge on any atom is -0.500 e. The van der Waals surface area contributed by atoms with Gasteiger partial charge in [0.2, 0.25) is 5.75 Å². The van der Waals surface area contributed by atoms with Crippen LogP contribution in [0.15, 0.2) is 42.1 Å². The number of nitro benzene ring substituents is 1. The minimum atomic E-state index is -0.792. The van der Waals surface area contributed by atoms with E-state index in [1.807, 2.05) is 0 Å². The lowest BCUT2D eigenvalue weighted by atomic mass is 10.1. The summed E-state index contributed by atoms with van der Waals surface area (Å²) in [5.74, 6) is -2.04. The Bertz CT molecular complexity index is 1040. The van der Waals surface area contributed by atoms with Gasteiger partial charge < -0.3 is 15.2 Å². The molecule has 1 aliphatic rings. The van der Waals surface area contributed by atoms with Crippen LogP contribution in [0.1, 0.15) is 18.1 Å².